The van der Waals surface area contributed by atoms with Gasteiger partial charge in [-0.25, -0.2) is 0 Å². The normalized spacial score (nSPS) is 17.2. The SMILES string of the molecule is Cc1c(N(C(=O)c2cc(-c3cc4c(cc3C(=O)N3Cc5ccccc5C[C@H]3CN3CCCCC3)CN(C(=O)Cc3ccc(OCCN5CCOCC5)cc3)CC4)n(C)c2C)c2ccc(O)cc2)cc(C#N)n1C. The Labute approximate surface area is 428 Å². The smallest absolute Gasteiger partial charge is 0.264 e. The van der Waals surface area contributed by atoms with E-state index in [0.717, 1.165) is 117 Å². The molecule has 378 valence electrons. The fraction of sp³-hybridized carbons (Fsp3) is 0.390. The molecule has 4 aromatic carbocycles. The van der Waals surface area contributed by atoms with E-state index in [-0.39, 0.29) is 35.9 Å². The molecular formula is C59H66N8O6. The molecule has 1 atom stereocenters. The first-order valence-electron chi connectivity index (χ1n) is 25.9. The van der Waals surface area contributed by atoms with E-state index in [4.69, 9.17) is 9.47 Å². The average Bonchev–Trinajstić information content (AvgIpc) is 3.88. The zero-order chi connectivity index (χ0) is 50.8. The Morgan fingerprint density at radius 1 is 0.767 bits per heavy atom. The predicted octanol–water partition coefficient (Wildman–Crippen LogP) is 8.09. The van der Waals surface area contributed by atoms with Crippen LogP contribution in [0.2, 0.25) is 0 Å². The van der Waals surface area contributed by atoms with Gasteiger partial charge in [-0.2, -0.15) is 5.26 Å². The number of phenolic OH excluding ortho intramolecular Hbond substituents is 1. The van der Waals surface area contributed by atoms with Gasteiger partial charge in [-0.05, 0) is 141 Å². The molecule has 4 aliphatic heterocycles. The molecule has 4 aliphatic rings. The van der Waals surface area contributed by atoms with Crippen molar-refractivity contribution < 1.29 is 29.0 Å². The third kappa shape index (κ3) is 10.4. The summed E-state index contributed by atoms with van der Waals surface area (Å²) in [6.07, 6.45) is 5.13. The van der Waals surface area contributed by atoms with Crippen LogP contribution in [-0.2, 0) is 56.0 Å². The van der Waals surface area contributed by atoms with E-state index < -0.39 is 0 Å². The van der Waals surface area contributed by atoms with Gasteiger partial charge in [-0.15, -0.1) is 0 Å². The number of likely N-dealkylation sites (tertiary alicyclic amines) is 1. The Hall–Kier alpha value is -7.18. The molecule has 6 aromatic rings. The van der Waals surface area contributed by atoms with E-state index in [1.807, 2.05) is 72.8 Å². The molecule has 0 spiro atoms. The molecule has 0 radical (unpaired) electrons. The zero-order valence-electron chi connectivity index (χ0n) is 42.6. The fourth-order valence-electron chi connectivity index (χ4n) is 11.2. The molecule has 2 saturated heterocycles. The molecule has 14 nitrogen and oxygen atoms in total. The van der Waals surface area contributed by atoms with Crippen molar-refractivity contribution in [3.8, 4) is 28.8 Å². The van der Waals surface area contributed by atoms with Gasteiger partial charge in [-0.3, -0.25) is 24.2 Å². The number of nitrogens with zero attached hydrogens (tertiary/aromatic N) is 8. The number of rotatable bonds is 13. The first kappa shape index (κ1) is 49.4. The lowest BCUT2D eigenvalue weighted by Crippen LogP contribution is -2.51. The van der Waals surface area contributed by atoms with Crippen molar-refractivity contribution in [2.45, 2.75) is 71.5 Å². The molecule has 0 unspecified atom stereocenters. The van der Waals surface area contributed by atoms with Crippen LogP contribution in [0.25, 0.3) is 11.3 Å². The lowest BCUT2D eigenvalue weighted by atomic mass is 9.89. The highest BCUT2D eigenvalue weighted by atomic mass is 16.5. The summed E-state index contributed by atoms with van der Waals surface area (Å²) in [4.78, 5) is 55.6. The fourth-order valence-corrected chi connectivity index (χ4v) is 11.2. The number of ether oxygens (including phenoxy) is 2. The summed E-state index contributed by atoms with van der Waals surface area (Å²) in [7, 11) is 3.73. The van der Waals surface area contributed by atoms with E-state index in [2.05, 4.69) is 45.0 Å². The van der Waals surface area contributed by atoms with Gasteiger partial charge in [0.25, 0.3) is 11.8 Å². The number of hydrogen-bond acceptors (Lipinski definition) is 9. The number of benzene rings is 4. The minimum Gasteiger partial charge on any atom is -0.508 e. The lowest BCUT2D eigenvalue weighted by molar-refractivity contribution is -0.131. The summed E-state index contributed by atoms with van der Waals surface area (Å²) in [5.74, 6) is 0.470. The molecule has 2 aromatic heterocycles. The van der Waals surface area contributed by atoms with Crippen LogP contribution in [0.5, 0.6) is 11.5 Å². The summed E-state index contributed by atoms with van der Waals surface area (Å²) in [5, 5.41) is 20.3. The van der Waals surface area contributed by atoms with E-state index in [1.54, 1.807) is 46.8 Å². The highest BCUT2D eigenvalue weighted by molar-refractivity contribution is 6.13. The molecule has 0 saturated carbocycles. The summed E-state index contributed by atoms with van der Waals surface area (Å²) < 4.78 is 15.3. The van der Waals surface area contributed by atoms with Crippen molar-refractivity contribution in [3.05, 3.63) is 153 Å². The van der Waals surface area contributed by atoms with Crippen LogP contribution in [0.15, 0.2) is 97.1 Å². The minimum absolute atomic E-state index is 0.0211. The van der Waals surface area contributed by atoms with Crippen LogP contribution in [-0.4, -0.2) is 123 Å². The third-order valence-corrected chi connectivity index (χ3v) is 15.7. The maximum atomic E-state index is 15.8. The standard InChI is InChI=1S/C59H66N8O6/c1-40-52(59(71)67(47-14-16-50(68)17-15-47)55-34-48(36-60)61(3)41(55)2)35-56(62(40)4)53-32-44-20-23-65(57(69)30-42-12-18-51(19-13-42)73-29-26-63-24-27-72-28-25-63)37-46(44)33-54(53)58(70)66-38-45-11-7-6-10-43(45)31-49(66)39-64-21-8-5-9-22-64/h6-7,10-19,32-35,49,68H,5,8-9,20-31,37-39H2,1-4H3/t49-/m0/s1. The monoisotopic (exact) mass is 983 g/mol. The molecule has 0 bridgehead atoms. The van der Waals surface area contributed by atoms with Gasteiger partial charge in [0.2, 0.25) is 5.91 Å². The van der Waals surface area contributed by atoms with Gasteiger partial charge in [0.15, 0.2) is 0 Å². The second-order valence-corrected chi connectivity index (χ2v) is 20.2. The largest absolute Gasteiger partial charge is 0.508 e. The summed E-state index contributed by atoms with van der Waals surface area (Å²) in [6, 6.07) is 32.7. The molecule has 6 heterocycles. The molecule has 10 rings (SSSR count). The second-order valence-electron chi connectivity index (χ2n) is 20.2. The topological polar surface area (TPSA) is 140 Å². The Balaban J connectivity index is 0.986. The number of morpholine rings is 1. The van der Waals surface area contributed by atoms with Gasteiger partial charge in [0.05, 0.1) is 30.9 Å². The first-order chi connectivity index (χ1) is 35.4. The number of carbonyl (C=O) groups is 3. The Kier molecular flexibility index (Phi) is 14.5. The van der Waals surface area contributed by atoms with Crippen molar-refractivity contribution in [3.63, 3.8) is 0 Å². The van der Waals surface area contributed by atoms with Gasteiger partial charge in [0.1, 0.15) is 29.9 Å². The number of carbonyl (C=O) groups excluding carboxylic acids is 3. The van der Waals surface area contributed by atoms with Crippen LogP contribution in [0.1, 0.15) is 84.9 Å². The number of piperidine rings is 1. The molecule has 0 aliphatic carbocycles. The maximum Gasteiger partial charge on any atom is 0.264 e. The number of fused-ring (bicyclic) bond motifs is 2. The van der Waals surface area contributed by atoms with Gasteiger partial charge >= 0.3 is 0 Å². The molecule has 1 N–H and O–H groups in total. The van der Waals surface area contributed by atoms with Crippen LogP contribution >= 0.6 is 0 Å². The van der Waals surface area contributed by atoms with E-state index in [9.17, 15) is 15.2 Å². The highest BCUT2D eigenvalue weighted by Gasteiger charge is 2.36. The quantitative estimate of drug-likeness (QED) is 0.122. The van der Waals surface area contributed by atoms with Crippen molar-refractivity contribution in [2.24, 2.45) is 14.1 Å². The number of amides is 3. The van der Waals surface area contributed by atoms with E-state index in [0.29, 0.717) is 66.6 Å². The van der Waals surface area contributed by atoms with Crippen molar-refractivity contribution >= 4 is 29.1 Å². The molecule has 14 heteroatoms. The van der Waals surface area contributed by atoms with Crippen molar-refractivity contribution in [1.82, 2.24) is 28.7 Å². The summed E-state index contributed by atoms with van der Waals surface area (Å²) in [6.45, 7) is 12.7. The lowest BCUT2D eigenvalue weighted by Gasteiger charge is -2.41. The van der Waals surface area contributed by atoms with Crippen molar-refractivity contribution in [1.29, 1.82) is 5.26 Å². The Morgan fingerprint density at radius 3 is 2.23 bits per heavy atom. The average molecular weight is 983 g/mol. The van der Waals surface area contributed by atoms with E-state index in [1.165, 1.54) is 12.0 Å². The summed E-state index contributed by atoms with van der Waals surface area (Å²) in [5.41, 5.74) is 10.7. The summed E-state index contributed by atoms with van der Waals surface area (Å²) >= 11 is 0. The molecule has 73 heavy (non-hydrogen) atoms. The number of hydrogen-bond donors (Lipinski definition) is 1. The molecule has 2 fully saturated rings. The molecule has 3 amide bonds. The van der Waals surface area contributed by atoms with Crippen LogP contribution < -0.4 is 9.64 Å². The number of aromatic nitrogens is 2. The van der Waals surface area contributed by atoms with Crippen LogP contribution in [0, 0.1) is 25.2 Å². The van der Waals surface area contributed by atoms with Gasteiger partial charge < -0.3 is 38.4 Å². The maximum absolute atomic E-state index is 15.8. The molecular weight excluding hydrogens is 917 g/mol. The Bertz CT molecular complexity index is 3050. The third-order valence-electron chi connectivity index (χ3n) is 15.7. The Morgan fingerprint density at radius 2 is 1.51 bits per heavy atom. The van der Waals surface area contributed by atoms with Gasteiger partial charge in [0, 0.05) is 99.8 Å². The number of nitriles is 1. The number of phenols is 1. The van der Waals surface area contributed by atoms with Crippen LogP contribution in [0.3, 0.4) is 0 Å². The van der Waals surface area contributed by atoms with Gasteiger partial charge in [-0.1, -0.05) is 42.8 Å². The zero-order valence-corrected chi connectivity index (χ0v) is 42.6. The number of anilines is 2. The van der Waals surface area contributed by atoms with Crippen LogP contribution in [0.4, 0.5) is 11.4 Å². The van der Waals surface area contributed by atoms with E-state index >= 15 is 9.59 Å². The first-order valence-corrected chi connectivity index (χ1v) is 25.9. The second kappa shape index (κ2) is 21.5. The van der Waals surface area contributed by atoms with Crippen molar-refractivity contribution in [2.75, 3.05) is 70.5 Å². The highest BCUT2D eigenvalue weighted by Crippen LogP contribution is 2.39. The number of aromatic hydroxyl groups is 1. The predicted molar refractivity (Wildman–Crippen MR) is 281 cm³/mol. The minimum atomic E-state index is -0.316.